The van der Waals surface area contributed by atoms with Crippen LogP contribution in [0.2, 0.25) is 0 Å². The number of carbonyl (C=O) groups excluding carboxylic acids is 2. The van der Waals surface area contributed by atoms with Crippen LogP contribution >= 0.6 is 0 Å². The number of primary amides is 1. The van der Waals surface area contributed by atoms with E-state index in [2.05, 4.69) is 15.4 Å². The van der Waals surface area contributed by atoms with E-state index in [9.17, 15) is 14.4 Å². The molecule has 5 N–H and O–H groups in total. The maximum atomic E-state index is 11.6. The van der Waals surface area contributed by atoms with Crippen LogP contribution in [0, 0.1) is 0 Å². The normalized spacial score (nSPS) is 11.4. The van der Waals surface area contributed by atoms with Crippen molar-refractivity contribution >= 4 is 23.6 Å². The van der Waals surface area contributed by atoms with E-state index < -0.39 is 23.9 Å². The van der Waals surface area contributed by atoms with Crippen molar-refractivity contribution in [2.24, 2.45) is 5.73 Å². The van der Waals surface area contributed by atoms with Crippen molar-refractivity contribution in [1.29, 1.82) is 0 Å². The third-order valence-electron chi connectivity index (χ3n) is 2.34. The molecule has 0 aliphatic rings. The van der Waals surface area contributed by atoms with Gasteiger partial charge in [-0.1, -0.05) is 6.07 Å². The van der Waals surface area contributed by atoms with E-state index in [1.165, 1.54) is 25.3 Å². The van der Waals surface area contributed by atoms with Crippen LogP contribution in [0.5, 0.6) is 0 Å². The van der Waals surface area contributed by atoms with Gasteiger partial charge in [0.1, 0.15) is 0 Å². The van der Waals surface area contributed by atoms with Crippen LogP contribution in [0.4, 0.5) is 10.5 Å². The number of benzene rings is 1. The molecule has 0 radical (unpaired) electrons. The number of anilines is 1. The predicted molar refractivity (Wildman–Crippen MR) is 70.4 cm³/mol. The Labute approximate surface area is 114 Å². The Bertz CT molecular complexity index is 518. The van der Waals surface area contributed by atoms with Crippen LogP contribution in [0.3, 0.4) is 0 Å². The van der Waals surface area contributed by atoms with E-state index in [0.29, 0.717) is 5.69 Å². The Morgan fingerprint density at radius 3 is 2.65 bits per heavy atom. The third kappa shape index (κ3) is 4.58. The summed E-state index contributed by atoms with van der Waals surface area (Å²) >= 11 is 0. The highest BCUT2D eigenvalue weighted by atomic mass is 16.5. The average Bonchev–Trinajstić information content (AvgIpc) is 2.38. The number of urea groups is 1. The molecule has 1 atom stereocenters. The molecule has 1 aromatic rings. The summed E-state index contributed by atoms with van der Waals surface area (Å²) in [5, 5.41) is 13.5. The molecule has 20 heavy (non-hydrogen) atoms. The molecular formula is C12H15N3O5. The summed E-state index contributed by atoms with van der Waals surface area (Å²) < 4.78 is 4.68. The second kappa shape index (κ2) is 7.10. The molecule has 8 heteroatoms. The van der Waals surface area contributed by atoms with E-state index in [0.717, 1.165) is 0 Å². The number of carbonyl (C=O) groups is 3. The van der Waals surface area contributed by atoms with Crippen LogP contribution in [0.25, 0.3) is 0 Å². The summed E-state index contributed by atoms with van der Waals surface area (Å²) in [6.07, 6.45) is 0. The van der Waals surface area contributed by atoms with Crippen LogP contribution in [-0.4, -0.2) is 42.8 Å². The molecule has 0 heterocycles. The number of hydrogen-bond acceptors (Lipinski definition) is 4. The summed E-state index contributed by atoms with van der Waals surface area (Å²) in [4.78, 5) is 33.5. The minimum Gasteiger partial charge on any atom is -0.480 e. The van der Waals surface area contributed by atoms with Crippen molar-refractivity contribution in [3.8, 4) is 0 Å². The lowest BCUT2D eigenvalue weighted by molar-refractivity contribution is -0.140. The summed E-state index contributed by atoms with van der Waals surface area (Å²) in [5.41, 5.74) is 5.66. The summed E-state index contributed by atoms with van der Waals surface area (Å²) in [5.74, 6) is -1.84. The molecule has 1 unspecified atom stereocenters. The number of hydrogen-bond donors (Lipinski definition) is 4. The Hall–Kier alpha value is -2.61. The second-order valence-corrected chi connectivity index (χ2v) is 3.89. The van der Waals surface area contributed by atoms with Gasteiger partial charge in [-0.2, -0.15) is 0 Å². The van der Waals surface area contributed by atoms with Crippen molar-refractivity contribution in [1.82, 2.24) is 5.32 Å². The summed E-state index contributed by atoms with van der Waals surface area (Å²) in [7, 11) is 1.33. The third-order valence-corrected chi connectivity index (χ3v) is 2.34. The number of nitrogens with two attached hydrogens (primary N) is 1. The highest BCUT2D eigenvalue weighted by molar-refractivity contribution is 5.96. The maximum Gasteiger partial charge on any atom is 0.328 e. The molecule has 0 bridgehead atoms. The monoisotopic (exact) mass is 281 g/mol. The van der Waals surface area contributed by atoms with Crippen molar-refractivity contribution in [2.75, 3.05) is 19.0 Å². The molecule has 0 saturated carbocycles. The van der Waals surface area contributed by atoms with E-state index >= 15 is 0 Å². The molecule has 8 nitrogen and oxygen atoms in total. The molecule has 1 aromatic carbocycles. The van der Waals surface area contributed by atoms with Gasteiger partial charge in [-0.25, -0.2) is 9.59 Å². The minimum atomic E-state index is -1.21. The van der Waals surface area contributed by atoms with Gasteiger partial charge in [-0.05, 0) is 18.2 Å². The second-order valence-electron chi connectivity index (χ2n) is 3.89. The lowest BCUT2D eigenvalue weighted by atomic mass is 10.2. The Kier molecular flexibility index (Phi) is 5.48. The smallest absolute Gasteiger partial charge is 0.328 e. The lowest BCUT2D eigenvalue weighted by Crippen LogP contribution is -2.45. The first-order valence-electron chi connectivity index (χ1n) is 5.63. The molecule has 0 aromatic heterocycles. The number of rotatable bonds is 6. The fraction of sp³-hybridized carbons (Fsp3) is 0.250. The molecule has 0 aliphatic heterocycles. The molecule has 3 amide bonds. The van der Waals surface area contributed by atoms with E-state index in [-0.39, 0.29) is 12.2 Å². The van der Waals surface area contributed by atoms with Gasteiger partial charge in [0, 0.05) is 18.4 Å². The zero-order chi connectivity index (χ0) is 15.1. The summed E-state index contributed by atoms with van der Waals surface area (Å²) in [6.45, 7) is -0.163. The van der Waals surface area contributed by atoms with Gasteiger partial charge in [0.2, 0.25) is 5.91 Å². The predicted octanol–water partition coefficient (Wildman–Crippen LogP) is 0.00660. The van der Waals surface area contributed by atoms with Crippen LogP contribution < -0.4 is 16.4 Å². The number of aliphatic carboxylic acids is 1. The van der Waals surface area contributed by atoms with Crippen molar-refractivity contribution in [3.63, 3.8) is 0 Å². The zero-order valence-corrected chi connectivity index (χ0v) is 10.8. The highest BCUT2D eigenvalue weighted by Gasteiger charge is 2.19. The Balaban J connectivity index is 2.68. The van der Waals surface area contributed by atoms with E-state index in [1.807, 2.05) is 0 Å². The average molecular weight is 281 g/mol. The molecule has 108 valence electrons. The van der Waals surface area contributed by atoms with Gasteiger partial charge in [-0.15, -0.1) is 0 Å². The van der Waals surface area contributed by atoms with Gasteiger partial charge < -0.3 is 26.2 Å². The van der Waals surface area contributed by atoms with Crippen LogP contribution in [0.1, 0.15) is 10.4 Å². The number of carboxylic acids is 1. The molecule has 0 fully saturated rings. The fourth-order valence-corrected chi connectivity index (χ4v) is 1.42. The van der Waals surface area contributed by atoms with E-state index in [1.54, 1.807) is 6.07 Å². The molecule has 0 aliphatic carbocycles. The molecular weight excluding hydrogens is 266 g/mol. The number of carboxylic acid groups (broad SMARTS) is 1. The first-order valence-corrected chi connectivity index (χ1v) is 5.63. The quantitative estimate of drug-likeness (QED) is 0.583. The van der Waals surface area contributed by atoms with Gasteiger partial charge >= 0.3 is 12.0 Å². The number of amides is 3. The van der Waals surface area contributed by atoms with Gasteiger partial charge in [0.05, 0.1) is 6.61 Å². The number of ether oxygens (including phenoxy) is 1. The van der Waals surface area contributed by atoms with Gasteiger partial charge in [-0.3, -0.25) is 4.79 Å². The van der Waals surface area contributed by atoms with Crippen molar-refractivity contribution in [2.45, 2.75) is 6.04 Å². The van der Waals surface area contributed by atoms with Crippen molar-refractivity contribution in [3.05, 3.63) is 29.8 Å². The highest BCUT2D eigenvalue weighted by Crippen LogP contribution is 2.09. The van der Waals surface area contributed by atoms with Crippen LogP contribution in [0.15, 0.2) is 24.3 Å². The topological polar surface area (TPSA) is 131 Å². The Morgan fingerprint density at radius 2 is 2.10 bits per heavy atom. The first-order chi connectivity index (χ1) is 9.43. The maximum absolute atomic E-state index is 11.6. The van der Waals surface area contributed by atoms with Crippen LogP contribution in [-0.2, 0) is 9.53 Å². The molecule has 1 rings (SSSR count). The van der Waals surface area contributed by atoms with Gasteiger partial charge in [0.25, 0.3) is 0 Å². The summed E-state index contributed by atoms with van der Waals surface area (Å²) in [6, 6.07) is 4.07. The molecule has 0 spiro atoms. The zero-order valence-electron chi connectivity index (χ0n) is 10.8. The first kappa shape index (κ1) is 15.4. The largest absolute Gasteiger partial charge is 0.480 e. The van der Waals surface area contributed by atoms with Gasteiger partial charge in [0.15, 0.2) is 6.04 Å². The Morgan fingerprint density at radius 1 is 1.40 bits per heavy atom. The fourth-order valence-electron chi connectivity index (χ4n) is 1.42. The minimum absolute atomic E-state index is 0.163. The SMILES string of the molecule is COCC(NC(=O)Nc1cccc(C(N)=O)c1)C(=O)O. The molecule has 0 saturated heterocycles. The lowest BCUT2D eigenvalue weighted by Gasteiger charge is -2.14. The number of methoxy groups -OCH3 is 1. The number of nitrogens with one attached hydrogen (secondary N) is 2. The van der Waals surface area contributed by atoms with E-state index in [4.69, 9.17) is 10.8 Å². The standard InChI is InChI=1S/C12H15N3O5/c1-20-6-9(11(17)18)15-12(19)14-8-4-2-3-7(5-8)10(13)16/h2-5,9H,6H2,1H3,(H2,13,16)(H,17,18)(H2,14,15,19). The van der Waals surface area contributed by atoms with Crippen molar-refractivity contribution < 1.29 is 24.2 Å².